The highest BCUT2D eigenvalue weighted by Crippen LogP contribution is 2.28. The predicted molar refractivity (Wildman–Crippen MR) is 110 cm³/mol. The Hall–Kier alpha value is -2.45. The number of nitrogens with one attached hydrogen (secondary N) is 1. The first-order valence-electron chi connectivity index (χ1n) is 10.0. The first-order chi connectivity index (χ1) is 13.7. The Morgan fingerprint density at radius 3 is 2.75 bits per heavy atom. The molecule has 150 valence electrons. The van der Waals surface area contributed by atoms with Gasteiger partial charge in [-0.2, -0.15) is 0 Å². The Bertz CT molecular complexity index is 897. The van der Waals surface area contributed by atoms with E-state index < -0.39 is 0 Å². The fraction of sp³-hybridized carbons (Fsp3) is 0.550. The number of aryl methyl sites for hydroxylation is 2. The number of hydrogen-bond donors (Lipinski definition) is 1. The third-order valence-electron chi connectivity index (χ3n) is 5.59. The minimum atomic E-state index is 0.833. The van der Waals surface area contributed by atoms with Gasteiger partial charge in [0.25, 0.3) is 0 Å². The van der Waals surface area contributed by atoms with E-state index in [9.17, 15) is 0 Å². The van der Waals surface area contributed by atoms with Crippen LogP contribution in [0.2, 0.25) is 0 Å². The maximum absolute atomic E-state index is 5.45. The molecular weight excluding hydrogens is 354 g/mol. The van der Waals surface area contributed by atoms with Crippen LogP contribution in [0.25, 0.3) is 11.0 Å². The Morgan fingerprint density at radius 2 is 1.96 bits per heavy atom. The average molecular weight is 384 g/mol. The van der Waals surface area contributed by atoms with Crippen molar-refractivity contribution in [3.8, 4) is 0 Å². The first-order valence-corrected chi connectivity index (χ1v) is 10.0. The van der Waals surface area contributed by atoms with Crippen molar-refractivity contribution in [1.29, 1.82) is 0 Å². The van der Waals surface area contributed by atoms with Gasteiger partial charge in [-0.05, 0) is 25.8 Å². The van der Waals surface area contributed by atoms with E-state index in [-0.39, 0.29) is 0 Å². The highest BCUT2D eigenvalue weighted by molar-refractivity contribution is 5.91. The summed E-state index contributed by atoms with van der Waals surface area (Å²) in [5, 5.41) is 4.65. The summed E-state index contributed by atoms with van der Waals surface area (Å²) in [6.07, 6.45) is 8.34. The summed E-state index contributed by atoms with van der Waals surface area (Å²) in [7, 11) is 0. The molecule has 0 saturated carbocycles. The number of hydrogen-bond acceptors (Lipinski definition) is 6. The predicted octanol–water partition coefficient (Wildman–Crippen LogP) is 2.08. The smallest absolute Gasteiger partial charge is 0.145 e. The number of nitrogens with zero attached hydrogens (tertiary/aromatic N) is 6. The molecule has 0 aromatic carbocycles. The summed E-state index contributed by atoms with van der Waals surface area (Å²) in [5.41, 5.74) is 3.55. The SMILES string of the molecule is Cc1c(C)n(CCN2CCOCC2)c2ncnc(NCCCn3ccnc3)c12. The topological polar surface area (TPSA) is 73.0 Å². The molecule has 3 aromatic heterocycles. The molecule has 1 saturated heterocycles. The zero-order valence-electron chi connectivity index (χ0n) is 16.8. The van der Waals surface area contributed by atoms with Crippen molar-refractivity contribution in [1.82, 2.24) is 29.0 Å². The molecule has 1 N–H and O–H groups in total. The molecule has 3 aromatic rings. The van der Waals surface area contributed by atoms with Crippen molar-refractivity contribution in [3.05, 3.63) is 36.3 Å². The molecule has 0 unspecified atom stereocenters. The summed E-state index contributed by atoms with van der Waals surface area (Å²) in [5.74, 6) is 0.932. The van der Waals surface area contributed by atoms with Gasteiger partial charge in [0.05, 0.1) is 24.9 Å². The quantitative estimate of drug-likeness (QED) is 0.601. The average Bonchev–Trinajstić information content (AvgIpc) is 3.32. The zero-order valence-corrected chi connectivity index (χ0v) is 16.8. The summed E-state index contributed by atoms with van der Waals surface area (Å²) in [6.45, 7) is 11.8. The molecule has 1 fully saturated rings. The fourth-order valence-corrected chi connectivity index (χ4v) is 3.83. The standard InChI is InChI=1S/C20H29N7O/c1-16-17(2)27(9-8-25-10-12-28-13-11-25)20-18(16)19(23-14-24-20)22-4-3-6-26-7-5-21-15-26/h5,7,14-15H,3-4,6,8-13H2,1-2H3,(H,22,23,24). The molecule has 8 heteroatoms. The van der Waals surface area contributed by atoms with E-state index in [0.29, 0.717) is 0 Å². The molecule has 0 aliphatic carbocycles. The van der Waals surface area contributed by atoms with Crippen LogP contribution in [0.3, 0.4) is 0 Å². The molecule has 1 aliphatic heterocycles. The fourth-order valence-electron chi connectivity index (χ4n) is 3.83. The molecular formula is C20H29N7O. The summed E-state index contributed by atoms with van der Waals surface area (Å²) >= 11 is 0. The number of fused-ring (bicyclic) bond motifs is 1. The van der Waals surface area contributed by atoms with Gasteiger partial charge in [0, 0.05) is 57.4 Å². The second kappa shape index (κ2) is 8.70. The lowest BCUT2D eigenvalue weighted by molar-refractivity contribution is 0.0364. The molecule has 4 heterocycles. The van der Waals surface area contributed by atoms with Gasteiger partial charge in [-0.25, -0.2) is 15.0 Å². The third kappa shape index (κ3) is 4.02. The van der Waals surface area contributed by atoms with Crippen LogP contribution in [-0.4, -0.2) is 68.4 Å². The number of morpholine rings is 1. The van der Waals surface area contributed by atoms with Crippen molar-refractivity contribution in [2.45, 2.75) is 33.4 Å². The summed E-state index contributed by atoms with van der Waals surface area (Å²) < 4.78 is 9.88. The van der Waals surface area contributed by atoms with E-state index >= 15 is 0 Å². The van der Waals surface area contributed by atoms with Crippen molar-refractivity contribution in [2.24, 2.45) is 0 Å². The number of rotatable bonds is 8. The van der Waals surface area contributed by atoms with Crippen LogP contribution in [0.5, 0.6) is 0 Å². The number of aromatic nitrogens is 5. The third-order valence-corrected chi connectivity index (χ3v) is 5.59. The minimum absolute atomic E-state index is 0.833. The lowest BCUT2D eigenvalue weighted by Crippen LogP contribution is -2.38. The van der Waals surface area contributed by atoms with Crippen LogP contribution >= 0.6 is 0 Å². The van der Waals surface area contributed by atoms with Gasteiger partial charge in [-0.15, -0.1) is 0 Å². The Kier molecular flexibility index (Phi) is 5.87. The van der Waals surface area contributed by atoms with E-state index in [1.165, 1.54) is 11.3 Å². The van der Waals surface area contributed by atoms with Crippen molar-refractivity contribution in [3.63, 3.8) is 0 Å². The highest BCUT2D eigenvalue weighted by Gasteiger charge is 2.17. The van der Waals surface area contributed by atoms with Crippen LogP contribution in [0.4, 0.5) is 5.82 Å². The van der Waals surface area contributed by atoms with E-state index in [1.807, 2.05) is 18.7 Å². The number of imidazole rings is 1. The van der Waals surface area contributed by atoms with Crippen molar-refractivity contribution >= 4 is 16.9 Å². The molecule has 0 atom stereocenters. The Morgan fingerprint density at radius 1 is 1.11 bits per heavy atom. The van der Waals surface area contributed by atoms with Gasteiger partial charge in [-0.3, -0.25) is 4.90 Å². The molecule has 0 bridgehead atoms. The Balaban J connectivity index is 1.45. The minimum Gasteiger partial charge on any atom is -0.379 e. The van der Waals surface area contributed by atoms with Crippen LogP contribution in [0.15, 0.2) is 25.0 Å². The summed E-state index contributed by atoms with van der Waals surface area (Å²) in [4.78, 5) is 15.7. The van der Waals surface area contributed by atoms with Crippen LogP contribution < -0.4 is 5.32 Å². The van der Waals surface area contributed by atoms with Crippen molar-refractivity contribution < 1.29 is 4.74 Å². The normalized spacial score (nSPS) is 15.4. The van der Waals surface area contributed by atoms with Crippen LogP contribution in [0.1, 0.15) is 17.7 Å². The molecule has 0 amide bonds. The number of ether oxygens (including phenoxy) is 1. The first kappa shape index (κ1) is 18.9. The molecule has 1 aliphatic rings. The maximum atomic E-state index is 5.45. The summed E-state index contributed by atoms with van der Waals surface area (Å²) in [6, 6.07) is 0. The molecule has 28 heavy (non-hydrogen) atoms. The number of anilines is 1. The largest absolute Gasteiger partial charge is 0.379 e. The van der Waals surface area contributed by atoms with Crippen LogP contribution in [-0.2, 0) is 17.8 Å². The molecule has 4 rings (SSSR count). The lowest BCUT2D eigenvalue weighted by Gasteiger charge is -2.26. The monoisotopic (exact) mass is 383 g/mol. The van der Waals surface area contributed by atoms with Crippen molar-refractivity contribution in [2.75, 3.05) is 44.7 Å². The van der Waals surface area contributed by atoms with Gasteiger partial charge >= 0.3 is 0 Å². The van der Waals surface area contributed by atoms with Crippen LogP contribution in [0, 0.1) is 13.8 Å². The van der Waals surface area contributed by atoms with E-state index in [1.54, 1.807) is 6.33 Å². The highest BCUT2D eigenvalue weighted by atomic mass is 16.5. The Labute approximate surface area is 165 Å². The maximum Gasteiger partial charge on any atom is 0.145 e. The zero-order chi connectivity index (χ0) is 19.3. The van der Waals surface area contributed by atoms with Gasteiger partial charge in [-0.1, -0.05) is 0 Å². The van der Waals surface area contributed by atoms with Gasteiger partial charge < -0.3 is 19.2 Å². The van der Waals surface area contributed by atoms with E-state index in [2.05, 4.69) is 48.2 Å². The molecule has 8 nitrogen and oxygen atoms in total. The van der Waals surface area contributed by atoms with Gasteiger partial charge in [0.2, 0.25) is 0 Å². The second-order valence-electron chi connectivity index (χ2n) is 7.32. The lowest BCUT2D eigenvalue weighted by atomic mass is 10.2. The van der Waals surface area contributed by atoms with Gasteiger partial charge in [0.15, 0.2) is 0 Å². The molecule has 0 spiro atoms. The van der Waals surface area contributed by atoms with E-state index in [0.717, 1.165) is 75.8 Å². The second-order valence-corrected chi connectivity index (χ2v) is 7.32. The van der Waals surface area contributed by atoms with E-state index in [4.69, 9.17) is 4.74 Å². The van der Waals surface area contributed by atoms with Gasteiger partial charge in [0.1, 0.15) is 17.8 Å². The molecule has 0 radical (unpaired) electrons.